The Morgan fingerprint density at radius 3 is 2.65 bits per heavy atom. The van der Waals surface area contributed by atoms with Crippen molar-refractivity contribution in [2.45, 2.75) is 32.6 Å². The quantitative estimate of drug-likeness (QED) is 0.786. The van der Waals surface area contributed by atoms with E-state index in [4.69, 9.17) is 4.74 Å². The average molecular weight is 277 g/mol. The third-order valence-corrected chi connectivity index (χ3v) is 3.35. The minimum atomic E-state index is 0.259. The van der Waals surface area contributed by atoms with Crippen molar-refractivity contribution < 1.29 is 4.74 Å². The van der Waals surface area contributed by atoms with Crippen molar-refractivity contribution in [3.8, 4) is 5.82 Å². The molecule has 1 aliphatic heterocycles. The number of aromatic nitrogens is 6. The molecule has 1 saturated heterocycles. The lowest BCUT2D eigenvalue weighted by molar-refractivity contribution is -0.0707. The fourth-order valence-corrected chi connectivity index (χ4v) is 2.62. The Hall–Kier alpha value is -1.80. The van der Waals surface area contributed by atoms with E-state index in [9.17, 15) is 0 Å². The molecule has 0 amide bonds. The Bertz CT molecular complexity index is 568. The van der Waals surface area contributed by atoms with Crippen molar-refractivity contribution >= 4 is 0 Å². The van der Waals surface area contributed by atoms with Gasteiger partial charge in [-0.25, -0.2) is 9.36 Å². The van der Waals surface area contributed by atoms with Gasteiger partial charge in [-0.3, -0.25) is 4.90 Å². The molecule has 0 aliphatic carbocycles. The Balaban J connectivity index is 1.70. The molecule has 0 saturated carbocycles. The van der Waals surface area contributed by atoms with Gasteiger partial charge in [0.25, 0.3) is 0 Å². The smallest absolute Gasteiger partial charge is 0.173 e. The van der Waals surface area contributed by atoms with E-state index in [1.165, 1.54) is 0 Å². The molecule has 3 heterocycles. The van der Waals surface area contributed by atoms with Gasteiger partial charge in [-0.05, 0) is 13.8 Å². The average Bonchev–Trinajstić information content (AvgIpc) is 2.96. The molecule has 3 rings (SSSR count). The molecule has 8 heteroatoms. The highest BCUT2D eigenvalue weighted by atomic mass is 16.5. The molecule has 1 fully saturated rings. The summed E-state index contributed by atoms with van der Waals surface area (Å²) in [5.74, 6) is 0.799. The van der Waals surface area contributed by atoms with Crippen molar-refractivity contribution in [3.05, 3.63) is 18.1 Å². The largest absolute Gasteiger partial charge is 0.373 e. The zero-order valence-electron chi connectivity index (χ0n) is 12.0. The highest BCUT2D eigenvalue weighted by Crippen LogP contribution is 2.13. The summed E-state index contributed by atoms with van der Waals surface area (Å²) in [4.78, 5) is 2.34. The van der Waals surface area contributed by atoms with Crippen LogP contribution in [0.4, 0.5) is 0 Å². The summed E-state index contributed by atoms with van der Waals surface area (Å²) < 4.78 is 9.09. The Morgan fingerprint density at radius 2 is 2.00 bits per heavy atom. The Labute approximate surface area is 117 Å². The third-order valence-electron chi connectivity index (χ3n) is 3.35. The minimum absolute atomic E-state index is 0.259. The molecular weight excluding hydrogens is 258 g/mol. The lowest BCUT2D eigenvalue weighted by atomic mass is 10.2. The molecule has 108 valence electrons. The van der Waals surface area contributed by atoms with E-state index < -0.39 is 0 Å². The topological polar surface area (TPSA) is 73.9 Å². The van der Waals surface area contributed by atoms with E-state index in [2.05, 4.69) is 39.4 Å². The molecule has 2 aromatic heterocycles. The first-order valence-electron chi connectivity index (χ1n) is 6.76. The first kappa shape index (κ1) is 13.2. The van der Waals surface area contributed by atoms with Crippen molar-refractivity contribution in [1.29, 1.82) is 0 Å². The van der Waals surface area contributed by atoms with Crippen LogP contribution in [0, 0.1) is 0 Å². The van der Waals surface area contributed by atoms with Crippen LogP contribution in [-0.4, -0.2) is 60.2 Å². The zero-order chi connectivity index (χ0) is 14.1. The van der Waals surface area contributed by atoms with Gasteiger partial charge >= 0.3 is 0 Å². The molecular formula is C12H19N7O. The molecule has 20 heavy (non-hydrogen) atoms. The Kier molecular flexibility index (Phi) is 3.49. The van der Waals surface area contributed by atoms with E-state index in [-0.39, 0.29) is 12.2 Å². The van der Waals surface area contributed by atoms with Crippen LogP contribution in [0.1, 0.15) is 19.5 Å². The second kappa shape index (κ2) is 5.29. The molecule has 0 aromatic carbocycles. The van der Waals surface area contributed by atoms with Crippen LogP contribution in [0.25, 0.3) is 5.82 Å². The van der Waals surface area contributed by atoms with E-state index in [0.29, 0.717) is 0 Å². The second-order valence-electron chi connectivity index (χ2n) is 5.32. The highest BCUT2D eigenvalue weighted by molar-refractivity contribution is 5.15. The molecule has 0 spiro atoms. The van der Waals surface area contributed by atoms with Crippen LogP contribution in [0.2, 0.25) is 0 Å². The summed E-state index contributed by atoms with van der Waals surface area (Å²) in [7, 11) is 1.83. The first-order valence-corrected chi connectivity index (χ1v) is 6.76. The molecule has 8 nitrogen and oxygen atoms in total. The number of aryl methyl sites for hydroxylation is 1. The maximum atomic E-state index is 5.73. The van der Waals surface area contributed by atoms with Gasteiger partial charge in [0.15, 0.2) is 5.82 Å². The molecule has 2 atom stereocenters. The van der Waals surface area contributed by atoms with Crippen LogP contribution < -0.4 is 0 Å². The van der Waals surface area contributed by atoms with Crippen LogP contribution in [0.3, 0.4) is 0 Å². The van der Waals surface area contributed by atoms with Crippen LogP contribution in [0.15, 0.2) is 12.4 Å². The summed E-state index contributed by atoms with van der Waals surface area (Å²) in [5, 5.41) is 16.1. The number of rotatable bonds is 3. The van der Waals surface area contributed by atoms with E-state index in [1.807, 2.05) is 13.2 Å². The highest BCUT2D eigenvalue weighted by Gasteiger charge is 2.23. The van der Waals surface area contributed by atoms with Crippen molar-refractivity contribution in [3.63, 3.8) is 0 Å². The minimum Gasteiger partial charge on any atom is -0.373 e. The Morgan fingerprint density at radius 1 is 1.25 bits per heavy atom. The van der Waals surface area contributed by atoms with Crippen molar-refractivity contribution in [1.82, 2.24) is 34.9 Å². The van der Waals surface area contributed by atoms with Gasteiger partial charge in [0.1, 0.15) is 0 Å². The summed E-state index contributed by atoms with van der Waals surface area (Å²) >= 11 is 0. The van der Waals surface area contributed by atoms with Crippen LogP contribution in [-0.2, 0) is 18.3 Å². The summed E-state index contributed by atoms with van der Waals surface area (Å²) in [6.07, 6.45) is 4.10. The molecule has 0 bridgehead atoms. The van der Waals surface area contributed by atoms with E-state index in [0.717, 1.165) is 31.1 Å². The number of ether oxygens (including phenoxy) is 1. The molecule has 0 unspecified atom stereocenters. The van der Waals surface area contributed by atoms with Gasteiger partial charge in [-0.2, -0.15) is 0 Å². The number of nitrogens with zero attached hydrogens (tertiary/aromatic N) is 7. The van der Waals surface area contributed by atoms with Gasteiger partial charge < -0.3 is 4.74 Å². The maximum Gasteiger partial charge on any atom is 0.173 e. The van der Waals surface area contributed by atoms with Gasteiger partial charge in [-0.15, -0.1) is 10.2 Å². The fraction of sp³-hybridized carbons (Fsp3) is 0.667. The van der Waals surface area contributed by atoms with Gasteiger partial charge in [0.05, 0.1) is 30.3 Å². The SMILES string of the molecule is C[C@@H]1CN(Cc2cn(-c3cnnn3C)nn2)C[C@H](C)O1. The first-order chi connectivity index (χ1) is 9.61. The molecule has 0 N–H and O–H groups in total. The molecule has 0 radical (unpaired) electrons. The van der Waals surface area contributed by atoms with Crippen molar-refractivity contribution in [2.75, 3.05) is 13.1 Å². The summed E-state index contributed by atoms with van der Waals surface area (Å²) in [6.45, 7) is 6.82. The number of hydrogen-bond donors (Lipinski definition) is 0. The number of hydrogen-bond acceptors (Lipinski definition) is 6. The van der Waals surface area contributed by atoms with Crippen LogP contribution in [0.5, 0.6) is 0 Å². The monoisotopic (exact) mass is 277 g/mol. The zero-order valence-corrected chi connectivity index (χ0v) is 12.0. The van der Waals surface area contributed by atoms with Gasteiger partial charge in [0.2, 0.25) is 0 Å². The summed E-state index contributed by atoms with van der Waals surface area (Å²) in [5.41, 5.74) is 0.938. The lowest BCUT2D eigenvalue weighted by Crippen LogP contribution is -2.44. The van der Waals surface area contributed by atoms with Gasteiger partial charge in [-0.1, -0.05) is 10.4 Å². The van der Waals surface area contributed by atoms with Crippen LogP contribution >= 0.6 is 0 Å². The predicted molar refractivity (Wildman–Crippen MR) is 71.2 cm³/mol. The van der Waals surface area contributed by atoms with E-state index >= 15 is 0 Å². The second-order valence-corrected chi connectivity index (χ2v) is 5.32. The van der Waals surface area contributed by atoms with E-state index in [1.54, 1.807) is 15.6 Å². The lowest BCUT2D eigenvalue weighted by Gasteiger charge is -2.34. The van der Waals surface area contributed by atoms with Crippen molar-refractivity contribution in [2.24, 2.45) is 7.05 Å². The number of morpholine rings is 1. The standard InChI is InChI=1S/C12H19N7O/c1-9-5-18(6-10(2)20-9)7-11-8-19(16-14-11)12-4-13-15-17(12)3/h4,8-10H,5-7H2,1-3H3/t9-,10+. The maximum absolute atomic E-state index is 5.73. The fourth-order valence-electron chi connectivity index (χ4n) is 2.62. The molecule has 2 aromatic rings. The normalized spacial score (nSPS) is 24.1. The summed E-state index contributed by atoms with van der Waals surface area (Å²) in [6, 6.07) is 0. The van der Waals surface area contributed by atoms with Gasteiger partial charge in [0, 0.05) is 26.7 Å². The predicted octanol–water partition coefficient (Wildman–Crippen LogP) is 0.00500. The molecule has 1 aliphatic rings. The third kappa shape index (κ3) is 2.70.